The zero-order valence-electron chi connectivity index (χ0n) is 13.8. The van der Waals surface area contributed by atoms with Gasteiger partial charge in [-0.15, -0.1) is 0 Å². The molecule has 0 aliphatic heterocycles. The second-order valence-corrected chi connectivity index (χ2v) is 6.92. The molecule has 118 valence electrons. The summed E-state index contributed by atoms with van der Waals surface area (Å²) in [6.07, 6.45) is 4.71. The molecule has 4 nitrogen and oxygen atoms in total. The summed E-state index contributed by atoms with van der Waals surface area (Å²) in [5, 5.41) is 18.5. The first-order chi connectivity index (χ1) is 10.4. The molecule has 4 heteroatoms. The van der Waals surface area contributed by atoms with Crippen molar-refractivity contribution in [3.63, 3.8) is 0 Å². The van der Waals surface area contributed by atoms with Gasteiger partial charge in [-0.05, 0) is 37.3 Å². The summed E-state index contributed by atoms with van der Waals surface area (Å²) in [6.45, 7) is 6.76. The van der Waals surface area contributed by atoms with Crippen molar-refractivity contribution >= 4 is 0 Å². The van der Waals surface area contributed by atoms with Crippen molar-refractivity contribution in [1.29, 1.82) is 0 Å². The molecule has 22 heavy (non-hydrogen) atoms. The van der Waals surface area contributed by atoms with Crippen LogP contribution in [0.3, 0.4) is 0 Å². The Morgan fingerprint density at radius 1 is 1.45 bits per heavy atom. The molecule has 0 saturated heterocycles. The van der Waals surface area contributed by atoms with Gasteiger partial charge in [0.15, 0.2) is 0 Å². The van der Waals surface area contributed by atoms with E-state index in [9.17, 15) is 5.11 Å². The van der Waals surface area contributed by atoms with Gasteiger partial charge in [0.25, 0.3) is 0 Å². The molecular formula is C18H25N3O. The number of hydrogen-bond donors (Lipinski definition) is 2. The summed E-state index contributed by atoms with van der Waals surface area (Å²) in [4.78, 5) is 0. The zero-order chi connectivity index (χ0) is 15.9. The van der Waals surface area contributed by atoms with Crippen LogP contribution >= 0.6 is 0 Å². The maximum atomic E-state index is 10.7. The highest BCUT2D eigenvalue weighted by Crippen LogP contribution is 2.36. The minimum Gasteiger partial charge on any atom is -0.384 e. The van der Waals surface area contributed by atoms with Crippen molar-refractivity contribution < 1.29 is 5.11 Å². The van der Waals surface area contributed by atoms with Gasteiger partial charge in [-0.1, -0.05) is 30.7 Å². The summed E-state index contributed by atoms with van der Waals surface area (Å²) < 4.78 is 1.72. The Hall–Kier alpha value is -1.65. The predicted molar refractivity (Wildman–Crippen MR) is 87.6 cm³/mol. The average Bonchev–Trinajstić information content (AvgIpc) is 3.00. The second kappa shape index (κ2) is 5.52. The van der Waals surface area contributed by atoms with Gasteiger partial charge in [0.1, 0.15) is 5.60 Å². The molecule has 1 aliphatic carbocycles. The third-order valence-electron chi connectivity index (χ3n) is 4.74. The molecule has 0 fully saturated rings. The average molecular weight is 299 g/mol. The maximum Gasteiger partial charge on any atom is 0.102 e. The number of aliphatic hydroxyl groups is 1. The van der Waals surface area contributed by atoms with Crippen LogP contribution < -0.4 is 5.32 Å². The van der Waals surface area contributed by atoms with Gasteiger partial charge in [0, 0.05) is 31.4 Å². The molecule has 0 bridgehead atoms. The van der Waals surface area contributed by atoms with E-state index in [2.05, 4.69) is 42.5 Å². The van der Waals surface area contributed by atoms with Gasteiger partial charge in [-0.2, -0.15) is 5.10 Å². The molecule has 1 aromatic heterocycles. The van der Waals surface area contributed by atoms with Crippen molar-refractivity contribution in [3.05, 3.63) is 52.8 Å². The molecular weight excluding hydrogens is 274 g/mol. The van der Waals surface area contributed by atoms with Crippen LogP contribution in [0.15, 0.2) is 30.6 Å². The van der Waals surface area contributed by atoms with Crippen molar-refractivity contribution in [3.8, 4) is 0 Å². The second-order valence-electron chi connectivity index (χ2n) is 6.92. The normalized spacial score (nSPS) is 23.3. The number of rotatable bonds is 4. The first-order valence-corrected chi connectivity index (χ1v) is 7.91. The van der Waals surface area contributed by atoms with Gasteiger partial charge in [0.2, 0.25) is 0 Å². The maximum absolute atomic E-state index is 10.7. The smallest absolute Gasteiger partial charge is 0.102 e. The lowest BCUT2D eigenvalue weighted by Gasteiger charge is -2.27. The summed E-state index contributed by atoms with van der Waals surface area (Å²) in [7, 11) is 1.87. The number of nitrogens with zero attached hydrogens (tertiary/aromatic N) is 2. The Kier molecular flexibility index (Phi) is 3.83. The molecule has 0 unspecified atom stereocenters. The Morgan fingerprint density at radius 3 is 2.91 bits per heavy atom. The molecule has 2 aromatic rings. The van der Waals surface area contributed by atoms with E-state index in [0.717, 1.165) is 12.0 Å². The lowest BCUT2D eigenvalue weighted by molar-refractivity contribution is 0.0521. The zero-order valence-corrected chi connectivity index (χ0v) is 13.8. The predicted octanol–water partition coefficient (Wildman–Crippen LogP) is 2.46. The van der Waals surface area contributed by atoms with Crippen molar-refractivity contribution in [2.24, 2.45) is 13.0 Å². The molecule has 1 aliphatic rings. The molecule has 0 saturated carbocycles. The summed E-state index contributed by atoms with van der Waals surface area (Å²) in [5.74, 6) is 0.543. The number of aryl methyl sites for hydroxylation is 2. The number of nitrogens with one attached hydrogen (secondary N) is 1. The Morgan fingerprint density at radius 2 is 2.23 bits per heavy atom. The van der Waals surface area contributed by atoms with Crippen LogP contribution in [0.25, 0.3) is 0 Å². The Balaban J connectivity index is 1.75. The van der Waals surface area contributed by atoms with Gasteiger partial charge in [-0.25, -0.2) is 0 Å². The van der Waals surface area contributed by atoms with E-state index >= 15 is 0 Å². The lowest BCUT2D eigenvalue weighted by atomic mass is 9.96. The van der Waals surface area contributed by atoms with Crippen LogP contribution in [0.2, 0.25) is 0 Å². The van der Waals surface area contributed by atoms with E-state index in [0.29, 0.717) is 18.5 Å². The van der Waals surface area contributed by atoms with Crippen LogP contribution in [-0.4, -0.2) is 21.4 Å². The number of hydrogen-bond acceptors (Lipinski definition) is 3. The fraction of sp³-hybridized carbons (Fsp3) is 0.500. The van der Waals surface area contributed by atoms with Gasteiger partial charge >= 0.3 is 0 Å². The van der Waals surface area contributed by atoms with Gasteiger partial charge in [0.05, 0.1) is 6.20 Å². The van der Waals surface area contributed by atoms with E-state index in [1.165, 1.54) is 16.7 Å². The van der Waals surface area contributed by atoms with E-state index < -0.39 is 5.60 Å². The van der Waals surface area contributed by atoms with Crippen molar-refractivity contribution in [1.82, 2.24) is 15.1 Å². The lowest BCUT2D eigenvalue weighted by Crippen LogP contribution is -2.38. The van der Waals surface area contributed by atoms with Crippen molar-refractivity contribution in [2.45, 2.75) is 38.8 Å². The van der Waals surface area contributed by atoms with E-state index in [1.807, 2.05) is 20.2 Å². The fourth-order valence-corrected chi connectivity index (χ4v) is 3.38. The van der Waals surface area contributed by atoms with Gasteiger partial charge < -0.3 is 10.4 Å². The number of aromatic nitrogens is 2. The quantitative estimate of drug-likeness (QED) is 0.912. The third kappa shape index (κ3) is 2.81. The van der Waals surface area contributed by atoms with E-state index in [4.69, 9.17) is 0 Å². The van der Waals surface area contributed by atoms with Crippen LogP contribution in [0.4, 0.5) is 0 Å². The highest BCUT2D eigenvalue weighted by atomic mass is 16.3. The van der Waals surface area contributed by atoms with Crippen LogP contribution in [0, 0.1) is 12.8 Å². The monoisotopic (exact) mass is 299 g/mol. The Bertz CT molecular complexity index is 675. The minimum atomic E-state index is -0.916. The van der Waals surface area contributed by atoms with Crippen LogP contribution in [0.5, 0.6) is 0 Å². The van der Waals surface area contributed by atoms with Crippen molar-refractivity contribution in [2.75, 3.05) is 6.54 Å². The fourth-order valence-electron chi connectivity index (χ4n) is 3.38. The van der Waals surface area contributed by atoms with Crippen LogP contribution in [-0.2, 0) is 19.1 Å². The molecule has 3 atom stereocenters. The van der Waals surface area contributed by atoms with Crippen LogP contribution in [0.1, 0.15) is 42.1 Å². The van der Waals surface area contributed by atoms with E-state index in [1.54, 1.807) is 10.9 Å². The molecule has 3 rings (SSSR count). The standard InChI is InChI=1S/C18H25N3O/c1-12-5-6-14-8-13(2)17(16(14)7-12)19-11-18(3,22)15-9-20-21(4)10-15/h5-7,9-10,13,17,19,22H,8,11H2,1-4H3/t13-,17-,18+/m1/s1. The highest BCUT2D eigenvalue weighted by molar-refractivity contribution is 5.38. The molecule has 1 heterocycles. The molecule has 0 spiro atoms. The summed E-state index contributed by atoms with van der Waals surface area (Å²) in [5.41, 5.74) is 4.03. The molecule has 0 amide bonds. The highest BCUT2D eigenvalue weighted by Gasteiger charge is 2.32. The molecule has 0 radical (unpaired) electrons. The summed E-state index contributed by atoms with van der Waals surface area (Å²) in [6, 6.07) is 7.00. The minimum absolute atomic E-state index is 0.304. The number of fused-ring (bicyclic) bond motifs is 1. The topological polar surface area (TPSA) is 50.1 Å². The first-order valence-electron chi connectivity index (χ1n) is 7.91. The SMILES string of the molecule is Cc1ccc2c(c1)[C@H](NC[C@](C)(O)c1cnn(C)c1)[C@H](C)C2. The first kappa shape index (κ1) is 15.3. The number of benzene rings is 1. The third-order valence-corrected chi connectivity index (χ3v) is 4.74. The van der Waals surface area contributed by atoms with Gasteiger partial charge in [-0.3, -0.25) is 4.68 Å². The molecule has 2 N–H and O–H groups in total. The Labute approximate surface area is 132 Å². The van der Waals surface area contributed by atoms with E-state index in [-0.39, 0.29) is 0 Å². The summed E-state index contributed by atoms with van der Waals surface area (Å²) >= 11 is 0. The molecule has 1 aromatic carbocycles. The largest absolute Gasteiger partial charge is 0.384 e.